The summed E-state index contributed by atoms with van der Waals surface area (Å²) in [6.07, 6.45) is -3.53. The Kier molecular flexibility index (Phi) is 4.78. The second kappa shape index (κ2) is 6.96. The minimum atomic E-state index is -2.96. The molecule has 2 aliphatic rings. The molecule has 0 radical (unpaired) electrons. The fourth-order valence-corrected chi connectivity index (χ4v) is 4.24. The molecule has 27 heavy (non-hydrogen) atoms. The lowest BCUT2D eigenvalue weighted by atomic mass is 9.69. The van der Waals surface area contributed by atoms with Crippen LogP contribution in [0.3, 0.4) is 0 Å². The first-order chi connectivity index (χ1) is 12.9. The Morgan fingerprint density at radius 2 is 1.56 bits per heavy atom. The Morgan fingerprint density at radius 1 is 0.926 bits per heavy atom. The van der Waals surface area contributed by atoms with Gasteiger partial charge in [-0.25, -0.2) is 13.2 Å². The van der Waals surface area contributed by atoms with Gasteiger partial charge in [0.05, 0.1) is 0 Å². The van der Waals surface area contributed by atoms with Crippen molar-refractivity contribution in [3.05, 3.63) is 42.0 Å². The molecule has 1 atom stereocenters. The molecule has 146 valence electrons. The Balaban J connectivity index is 1.48. The number of piperazine rings is 1. The molecule has 1 saturated carbocycles. The lowest BCUT2D eigenvalue weighted by Gasteiger charge is -2.43. The van der Waals surface area contributed by atoms with Gasteiger partial charge in [-0.15, -0.1) is 0 Å². The Labute approximate surface area is 156 Å². The summed E-state index contributed by atoms with van der Waals surface area (Å²) >= 11 is 0. The van der Waals surface area contributed by atoms with Gasteiger partial charge < -0.3 is 16.4 Å². The highest BCUT2D eigenvalue weighted by molar-refractivity contribution is 5.86. The molecule has 0 amide bonds. The van der Waals surface area contributed by atoms with Crippen LogP contribution in [0.2, 0.25) is 0 Å². The number of nitrogens with two attached hydrogens (primary N) is 2. The molecule has 0 spiro atoms. The van der Waals surface area contributed by atoms with E-state index < -0.39 is 12.7 Å². The highest BCUT2D eigenvalue weighted by Gasteiger charge is 2.40. The van der Waals surface area contributed by atoms with Crippen molar-refractivity contribution >= 4 is 16.5 Å². The van der Waals surface area contributed by atoms with Crippen molar-refractivity contribution in [2.75, 3.05) is 31.1 Å². The fourth-order valence-electron chi connectivity index (χ4n) is 4.24. The van der Waals surface area contributed by atoms with Crippen LogP contribution in [-0.4, -0.2) is 49.8 Å². The minimum Gasteiger partial charge on any atom is -0.369 e. The number of rotatable bonds is 4. The van der Waals surface area contributed by atoms with Crippen LogP contribution < -0.4 is 16.4 Å². The summed E-state index contributed by atoms with van der Waals surface area (Å²) in [5, 5.41) is 2.21. The molecule has 4 rings (SSSR count). The summed E-state index contributed by atoms with van der Waals surface area (Å²) in [5.74, 6) is 0. The lowest BCUT2D eigenvalue weighted by molar-refractivity contribution is -0.0505. The predicted octanol–water partition coefficient (Wildman–Crippen LogP) is 2.80. The third-order valence-corrected chi connectivity index (χ3v) is 5.89. The first-order valence-electron chi connectivity index (χ1n) is 9.36. The first kappa shape index (κ1) is 18.5. The molecule has 1 aliphatic heterocycles. The van der Waals surface area contributed by atoms with E-state index in [0.717, 1.165) is 34.9 Å². The summed E-state index contributed by atoms with van der Waals surface area (Å²) in [4.78, 5) is 3.32. The van der Waals surface area contributed by atoms with Crippen LogP contribution in [0, 0.1) is 0 Å². The Bertz CT molecular complexity index is 814. The standard InChI is InChI=1S/C20H25F3N4/c21-18(22)19(23)27-7-5-26(6-8-27)17-4-2-13-9-15(3-1-14(13)10-17)20(25)11-16(24)12-20/h1-4,9-10,16,18-19H,5-8,11-12,24-25H2. The number of hydrogen-bond donors (Lipinski definition) is 2. The van der Waals surface area contributed by atoms with E-state index in [0.29, 0.717) is 26.2 Å². The van der Waals surface area contributed by atoms with E-state index in [9.17, 15) is 13.2 Å². The van der Waals surface area contributed by atoms with Gasteiger partial charge in [-0.05, 0) is 47.4 Å². The Morgan fingerprint density at radius 3 is 2.19 bits per heavy atom. The summed E-state index contributed by atoms with van der Waals surface area (Å²) in [5.41, 5.74) is 14.1. The fraction of sp³-hybridized carbons (Fsp3) is 0.500. The summed E-state index contributed by atoms with van der Waals surface area (Å²) in [6.45, 7) is 1.64. The molecule has 4 nitrogen and oxygen atoms in total. The predicted molar refractivity (Wildman–Crippen MR) is 102 cm³/mol. The van der Waals surface area contributed by atoms with Gasteiger partial charge in [-0.3, -0.25) is 4.90 Å². The summed E-state index contributed by atoms with van der Waals surface area (Å²) < 4.78 is 38.5. The lowest BCUT2D eigenvalue weighted by Crippen LogP contribution is -2.55. The van der Waals surface area contributed by atoms with Crippen molar-refractivity contribution in [3.63, 3.8) is 0 Å². The third-order valence-electron chi connectivity index (χ3n) is 5.89. The molecule has 2 fully saturated rings. The summed E-state index contributed by atoms with van der Waals surface area (Å²) in [7, 11) is 0. The average molecular weight is 378 g/mol. The quantitative estimate of drug-likeness (QED) is 0.804. The zero-order valence-corrected chi connectivity index (χ0v) is 15.1. The molecular weight excluding hydrogens is 353 g/mol. The van der Waals surface area contributed by atoms with E-state index in [4.69, 9.17) is 11.5 Å². The van der Waals surface area contributed by atoms with Crippen LogP contribution in [-0.2, 0) is 5.54 Å². The molecule has 0 bridgehead atoms. The van der Waals surface area contributed by atoms with Crippen LogP contribution in [0.1, 0.15) is 18.4 Å². The SMILES string of the molecule is NC1CC(N)(c2ccc3cc(N4CCN(C(F)C(F)F)CC4)ccc3c2)C1. The largest absolute Gasteiger partial charge is 0.369 e. The van der Waals surface area contributed by atoms with Crippen molar-refractivity contribution in [1.82, 2.24) is 4.90 Å². The molecular formula is C20H25F3N4. The second-order valence-corrected chi connectivity index (χ2v) is 7.80. The maximum atomic E-state index is 13.5. The number of halogens is 3. The first-order valence-corrected chi connectivity index (χ1v) is 9.36. The normalized spacial score (nSPS) is 27.8. The van der Waals surface area contributed by atoms with Gasteiger partial charge in [-0.1, -0.05) is 18.2 Å². The number of benzene rings is 2. The van der Waals surface area contributed by atoms with Gasteiger partial charge in [0, 0.05) is 43.4 Å². The van der Waals surface area contributed by atoms with Gasteiger partial charge in [0.15, 0.2) is 0 Å². The monoisotopic (exact) mass is 378 g/mol. The van der Waals surface area contributed by atoms with Gasteiger partial charge in [0.2, 0.25) is 6.30 Å². The third kappa shape index (κ3) is 3.51. The van der Waals surface area contributed by atoms with E-state index in [1.165, 1.54) is 4.90 Å². The van der Waals surface area contributed by atoms with Crippen LogP contribution in [0.25, 0.3) is 10.8 Å². The number of alkyl halides is 3. The van der Waals surface area contributed by atoms with Crippen LogP contribution >= 0.6 is 0 Å². The van der Waals surface area contributed by atoms with Crippen LogP contribution in [0.5, 0.6) is 0 Å². The average Bonchev–Trinajstić information content (AvgIpc) is 2.65. The highest BCUT2D eigenvalue weighted by Crippen LogP contribution is 2.39. The van der Waals surface area contributed by atoms with Crippen molar-refractivity contribution in [3.8, 4) is 0 Å². The van der Waals surface area contributed by atoms with Gasteiger partial charge in [-0.2, -0.15) is 0 Å². The molecule has 1 unspecified atom stereocenters. The second-order valence-electron chi connectivity index (χ2n) is 7.80. The molecule has 4 N–H and O–H groups in total. The van der Waals surface area contributed by atoms with Crippen LogP contribution in [0.4, 0.5) is 18.9 Å². The summed E-state index contributed by atoms with van der Waals surface area (Å²) in [6, 6.07) is 12.6. The number of anilines is 1. The molecule has 0 aromatic heterocycles. The van der Waals surface area contributed by atoms with Gasteiger partial charge >= 0.3 is 0 Å². The van der Waals surface area contributed by atoms with Gasteiger partial charge in [0.1, 0.15) is 0 Å². The highest BCUT2D eigenvalue weighted by atomic mass is 19.3. The van der Waals surface area contributed by atoms with Crippen molar-refractivity contribution < 1.29 is 13.2 Å². The molecule has 7 heteroatoms. The van der Waals surface area contributed by atoms with Crippen molar-refractivity contribution in [1.29, 1.82) is 0 Å². The maximum absolute atomic E-state index is 13.5. The molecule has 1 saturated heterocycles. The Hall–Kier alpha value is -1.83. The van der Waals surface area contributed by atoms with Gasteiger partial charge in [0.25, 0.3) is 6.43 Å². The zero-order chi connectivity index (χ0) is 19.2. The molecule has 1 aliphatic carbocycles. The van der Waals surface area contributed by atoms with Crippen molar-refractivity contribution in [2.24, 2.45) is 11.5 Å². The van der Waals surface area contributed by atoms with Crippen LogP contribution in [0.15, 0.2) is 36.4 Å². The number of nitrogens with zero attached hydrogens (tertiary/aromatic N) is 2. The number of hydrogen-bond acceptors (Lipinski definition) is 4. The molecule has 1 heterocycles. The smallest absolute Gasteiger partial charge is 0.282 e. The number of fused-ring (bicyclic) bond motifs is 1. The van der Waals surface area contributed by atoms with E-state index in [-0.39, 0.29) is 11.6 Å². The van der Waals surface area contributed by atoms with Crippen molar-refractivity contribution in [2.45, 2.75) is 37.1 Å². The van der Waals surface area contributed by atoms with E-state index in [1.807, 2.05) is 6.07 Å². The topological polar surface area (TPSA) is 58.5 Å². The van der Waals surface area contributed by atoms with E-state index >= 15 is 0 Å². The minimum absolute atomic E-state index is 0.181. The molecule has 2 aromatic rings. The van der Waals surface area contributed by atoms with E-state index in [1.54, 1.807) is 0 Å². The maximum Gasteiger partial charge on any atom is 0.282 e. The van der Waals surface area contributed by atoms with E-state index in [2.05, 4.69) is 35.2 Å². The zero-order valence-electron chi connectivity index (χ0n) is 15.1. The molecule has 2 aromatic carbocycles.